The first kappa shape index (κ1) is 19.1. The van der Waals surface area contributed by atoms with Crippen LogP contribution in [0.25, 0.3) is 0 Å². The monoisotopic (exact) mass is 366 g/mol. The number of benzene rings is 1. The summed E-state index contributed by atoms with van der Waals surface area (Å²) in [5.74, 6) is -0.500. The molecule has 0 bridgehead atoms. The van der Waals surface area contributed by atoms with Gasteiger partial charge in [0.2, 0.25) is 0 Å². The molecule has 3 N–H and O–H groups in total. The van der Waals surface area contributed by atoms with E-state index in [1.165, 1.54) is 12.1 Å². The van der Waals surface area contributed by atoms with Gasteiger partial charge in [0, 0.05) is 36.3 Å². The van der Waals surface area contributed by atoms with Crippen molar-refractivity contribution in [1.82, 2.24) is 4.90 Å². The molecule has 0 spiro atoms. The average Bonchev–Trinajstić information content (AvgIpc) is 2.61. The van der Waals surface area contributed by atoms with Gasteiger partial charge in [-0.05, 0) is 50.7 Å². The Morgan fingerprint density at radius 1 is 1.38 bits per heavy atom. The van der Waals surface area contributed by atoms with Gasteiger partial charge in [0.1, 0.15) is 5.82 Å². The van der Waals surface area contributed by atoms with E-state index in [9.17, 15) is 13.9 Å². The van der Waals surface area contributed by atoms with Crippen LogP contribution in [0.3, 0.4) is 0 Å². The van der Waals surface area contributed by atoms with Crippen molar-refractivity contribution < 1.29 is 18.6 Å². The maximum atomic E-state index is 13.8. The summed E-state index contributed by atoms with van der Waals surface area (Å²) in [6, 6.07) is 3.40. The number of nitrogens with zero attached hydrogens (tertiary/aromatic N) is 1. The topological polar surface area (TPSA) is 58.7 Å². The summed E-state index contributed by atoms with van der Waals surface area (Å²) >= 11 is 0. The number of hydrogen-bond acceptors (Lipinski definition) is 4. The van der Waals surface area contributed by atoms with Gasteiger partial charge in [-0.1, -0.05) is 6.58 Å². The van der Waals surface area contributed by atoms with Crippen LogP contribution in [0.4, 0.5) is 8.78 Å². The number of likely N-dealkylation sites (tertiary alicyclic amines) is 1. The van der Waals surface area contributed by atoms with E-state index in [0.717, 1.165) is 50.5 Å². The van der Waals surface area contributed by atoms with E-state index in [1.807, 2.05) is 6.92 Å². The number of halogens is 2. The molecule has 0 radical (unpaired) electrons. The van der Waals surface area contributed by atoms with Gasteiger partial charge in [-0.3, -0.25) is 0 Å². The van der Waals surface area contributed by atoms with E-state index < -0.39 is 17.2 Å². The van der Waals surface area contributed by atoms with E-state index in [4.69, 9.17) is 10.5 Å². The summed E-state index contributed by atoms with van der Waals surface area (Å²) in [6.45, 7) is 7.96. The Labute approximate surface area is 153 Å². The van der Waals surface area contributed by atoms with Crippen LogP contribution in [-0.4, -0.2) is 41.3 Å². The fourth-order valence-corrected chi connectivity index (χ4v) is 4.07. The number of hydrogen-bond donors (Lipinski definition) is 2. The van der Waals surface area contributed by atoms with Gasteiger partial charge in [-0.25, -0.2) is 8.78 Å². The lowest BCUT2D eigenvalue weighted by molar-refractivity contribution is 0.0579. The summed E-state index contributed by atoms with van der Waals surface area (Å²) in [4.78, 5) is 2.29. The number of nitrogens with two attached hydrogens (primary N) is 1. The highest BCUT2D eigenvalue weighted by molar-refractivity contribution is 5.25. The van der Waals surface area contributed by atoms with Gasteiger partial charge in [0.05, 0.1) is 12.7 Å². The molecule has 1 saturated heterocycles. The number of ether oxygens (including phenoxy) is 1. The highest BCUT2D eigenvalue weighted by Gasteiger charge is 2.43. The second-order valence-corrected chi connectivity index (χ2v) is 7.84. The van der Waals surface area contributed by atoms with Crippen LogP contribution >= 0.6 is 0 Å². The zero-order chi connectivity index (χ0) is 18.9. The third-order valence-corrected chi connectivity index (χ3v) is 5.91. The largest absolute Gasteiger partial charge is 0.487 e. The normalized spacial score (nSPS) is 27.7. The van der Waals surface area contributed by atoms with Gasteiger partial charge >= 0.3 is 0 Å². The standard InChI is InChI=1S/C20H28F2N2O2/c1-13(16-10-20(23,11-16)12-25)24-7-5-15(6-8-24)14(2)26-19-4-3-17(21)9-18(19)22/h3-4,9,14-16,25H,1,5-8,10-12,23H2,2H3. The molecule has 6 heteroatoms. The Balaban J connectivity index is 1.48. The van der Waals surface area contributed by atoms with Gasteiger partial charge in [-0.2, -0.15) is 0 Å². The van der Waals surface area contributed by atoms with E-state index in [-0.39, 0.29) is 18.5 Å². The minimum Gasteiger partial charge on any atom is -0.487 e. The molecule has 1 aliphatic heterocycles. The Bertz CT molecular complexity index is 653. The molecule has 1 aliphatic carbocycles. The van der Waals surface area contributed by atoms with Crippen LogP contribution in [0, 0.1) is 23.5 Å². The summed E-state index contributed by atoms with van der Waals surface area (Å²) in [5, 5.41) is 9.28. The van der Waals surface area contributed by atoms with Gasteiger partial charge in [0.25, 0.3) is 0 Å². The minimum atomic E-state index is -0.665. The van der Waals surface area contributed by atoms with Gasteiger partial charge < -0.3 is 20.5 Å². The van der Waals surface area contributed by atoms with E-state index in [2.05, 4.69) is 11.5 Å². The summed E-state index contributed by atoms with van der Waals surface area (Å²) in [7, 11) is 0. The predicted molar refractivity (Wildman–Crippen MR) is 96.6 cm³/mol. The molecule has 1 saturated carbocycles. The highest BCUT2D eigenvalue weighted by Crippen LogP contribution is 2.41. The Morgan fingerprint density at radius 3 is 2.62 bits per heavy atom. The molecule has 1 unspecified atom stereocenters. The molecular weight excluding hydrogens is 338 g/mol. The first-order valence-electron chi connectivity index (χ1n) is 9.26. The Kier molecular flexibility index (Phi) is 5.53. The lowest BCUT2D eigenvalue weighted by Crippen LogP contribution is -2.56. The molecule has 1 atom stereocenters. The predicted octanol–water partition coefficient (Wildman–Crippen LogP) is 3.06. The van der Waals surface area contributed by atoms with Gasteiger partial charge in [-0.15, -0.1) is 0 Å². The molecule has 26 heavy (non-hydrogen) atoms. The number of rotatable bonds is 6. The van der Waals surface area contributed by atoms with E-state index in [1.54, 1.807) is 0 Å². The summed E-state index contributed by atoms with van der Waals surface area (Å²) in [6.07, 6.45) is 3.30. The third kappa shape index (κ3) is 4.01. The number of aliphatic hydroxyl groups excluding tert-OH is 1. The molecule has 0 aromatic heterocycles. The maximum Gasteiger partial charge on any atom is 0.167 e. The number of piperidine rings is 1. The van der Waals surface area contributed by atoms with Crippen LogP contribution in [0.5, 0.6) is 5.75 Å². The lowest BCUT2D eigenvalue weighted by Gasteiger charge is -2.48. The number of allylic oxidation sites excluding steroid dienone is 1. The fraction of sp³-hybridized carbons (Fsp3) is 0.600. The average molecular weight is 366 g/mol. The smallest absolute Gasteiger partial charge is 0.167 e. The zero-order valence-corrected chi connectivity index (χ0v) is 15.3. The minimum absolute atomic E-state index is 0.0215. The molecule has 2 aliphatic rings. The molecule has 0 amide bonds. The van der Waals surface area contributed by atoms with Crippen LogP contribution in [-0.2, 0) is 0 Å². The second-order valence-electron chi connectivity index (χ2n) is 7.84. The number of aliphatic hydroxyl groups is 1. The molecule has 1 aromatic rings. The first-order valence-corrected chi connectivity index (χ1v) is 9.26. The third-order valence-electron chi connectivity index (χ3n) is 5.91. The van der Waals surface area contributed by atoms with Crippen LogP contribution < -0.4 is 10.5 Å². The van der Waals surface area contributed by atoms with Crippen LogP contribution in [0.15, 0.2) is 30.5 Å². The van der Waals surface area contributed by atoms with Crippen molar-refractivity contribution in [2.24, 2.45) is 17.6 Å². The first-order chi connectivity index (χ1) is 12.3. The van der Waals surface area contributed by atoms with E-state index >= 15 is 0 Å². The molecular formula is C20H28F2N2O2. The summed E-state index contributed by atoms with van der Waals surface area (Å²) in [5.41, 5.74) is 6.71. The van der Waals surface area contributed by atoms with Crippen molar-refractivity contribution in [2.45, 2.75) is 44.2 Å². The van der Waals surface area contributed by atoms with E-state index in [0.29, 0.717) is 11.8 Å². The lowest BCUT2D eigenvalue weighted by atomic mass is 9.67. The van der Waals surface area contributed by atoms with Crippen molar-refractivity contribution in [3.8, 4) is 5.75 Å². The van der Waals surface area contributed by atoms with Crippen molar-refractivity contribution in [2.75, 3.05) is 19.7 Å². The molecule has 3 rings (SSSR count). The Hall–Kier alpha value is -1.66. The van der Waals surface area contributed by atoms with Crippen LogP contribution in [0.1, 0.15) is 32.6 Å². The van der Waals surface area contributed by atoms with Crippen molar-refractivity contribution >= 4 is 0 Å². The molecule has 4 nitrogen and oxygen atoms in total. The maximum absolute atomic E-state index is 13.8. The quantitative estimate of drug-likeness (QED) is 0.812. The zero-order valence-electron chi connectivity index (χ0n) is 15.3. The molecule has 1 heterocycles. The summed E-state index contributed by atoms with van der Waals surface area (Å²) < 4.78 is 32.5. The molecule has 144 valence electrons. The second kappa shape index (κ2) is 7.53. The van der Waals surface area contributed by atoms with Crippen molar-refractivity contribution in [1.29, 1.82) is 0 Å². The highest BCUT2D eigenvalue weighted by atomic mass is 19.1. The molecule has 2 fully saturated rings. The van der Waals surface area contributed by atoms with Crippen molar-refractivity contribution in [3.63, 3.8) is 0 Å². The SMILES string of the molecule is C=C(C1CC(N)(CO)C1)N1CCC(C(C)Oc2ccc(F)cc2F)CC1. The van der Waals surface area contributed by atoms with Gasteiger partial charge in [0.15, 0.2) is 11.6 Å². The Morgan fingerprint density at radius 2 is 2.04 bits per heavy atom. The van der Waals surface area contributed by atoms with Crippen molar-refractivity contribution in [3.05, 3.63) is 42.1 Å². The molecule has 1 aromatic carbocycles. The van der Waals surface area contributed by atoms with Crippen LogP contribution in [0.2, 0.25) is 0 Å². The fourth-order valence-electron chi connectivity index (χ4n) is 4.07.